The molecule has 1 heterocycles. The van der Waals surface area contributed by atoms with Crippen LogP contribution in [0.1, 0.15) is 16.3 Å². The van der Waals surface area contributed by atoms with Crippen LogP contribution in [0, 0.1) is 13.8 Å². The summed E-state index contributed by atoms with van der Waals surface area (Å²) in [6.45, 7) is 0.633. The number of benzene rings is 1. The van der Waals surface area contributed by atoms with Crippen molar-refractivity contribution in [3.63, 3.8) is 0 Å². The molecule has 1 aromatic heterocycles. The van der Waals surface area contributed by atoms with Crippen LogP contribution in [0.25, 0.3) is 0 Å². The van der Waals surface area contributed by atoms with E-state index < -0.39 is 16.6 Å². The van der Waals surface area contributed by atoms with Crippen LogP contribution in [0.3, 0.4) is 0 Å². The van der Waals surface area contributed by atoms with Gasteiger partial charge < -0.3 is 4.74 Å². The summed E-state index contributed by atoms with van der Waals surface area (Å²) in [5.74, 6) is 0.0307. The SMILES string of the molecule is Cc1nc(C)c(S(=O)(=O)N(C)Cc2ccc(OC(F)F)cc2)s1. The van der Waals surface area contributed by atoms with Crippen LogP contribution >= 0.6 is 11.3 Å². The van der Waals surface area contributed by atoms with Crippen LogP contribution in [0.15, 0.2) is 28.5 Å². The number of alkyl halides is 2. The second kappa shape index (κ2) is 6.90. The number of thiazole rings is 1. The van der Waals surface area contributed by atoms with E-state index >= 15 is 0 Å². The number of sulfonamides is 1. The van der Waals surface area contributed by atoms with Crippen LogP contribution in [0.2, 0.25) is 0 Å². The van der Waals surface area contributed by atoms with Gasteiger partial charge in [-0.05, 0) is 31.5 Å². The molecule has 1 aromatic carbocycles. The molecule has 9 heteroatoms. The molecule has 0 saturated heterocycles. The maximum atomic E-state index is 12.6. The van der Waals surface area contributed by atoms with Crippen molar-refractivity contribution in [2.24, 2.45) is 0 Å². The molecule has 0 N–H and O–H groups in total. The van der Waals surface area contributed by atoms with Crippen molar-refractivity contribution in [3.05, 3.63) is 40.5 Å². The molecule has 0 bridgehead atoms. The van der Waals surface area contributed by atoms with E-state index in [1.54, 1.807) is 26.0 Å². The molecule has 0 amide bonds. The first-order valence-electron chi connectivity index (χ1n) is 6.64. The Bertz CT molecular complexity index is 774. The van der Waals surface area contributed by atoms with Gasteiger partial charge in [0.25, 0.3) is 10.0 Å². The van der Waals surface area contributed by atoms with Crippen LogP contribution < -0.4 is 4.74 Å². The normalized spacial score (nSPS) is 12.1. The fourth-order valence-corrected chi connectivity index (χ4v) is 4.84. The molecule has 0 aliphatic heterocycles. The number of hydrogen-bond acceptors (Lipinski definition) is 5. The molecule has 0 fully saturated rings. The Morgan fingerprint density at radius 3 is 2.35 bits per heavy atom. The third kappa shape index (κ3) is 4.24. The standard InChI is InChI=1S/C14H16F2N2O3S2/c1-9-13(22-10(2)17-9)23(19,20)18(3)8-11-4-6-12(7-5-11)21-14(15)16/h4-7,14H,8H2,1-3H3. The van der Waals surface area contributed by atoms with E-state index in [4.69, 9.17) is 0 Å². The monoisotopic (exact) mass is 362 g/mol. The van der Waals surface area contributed by atoms with Gasteiger partial charge in [-0.25, -0.2) is 13.4 Å². The fraction of sp³-hybridized carbons (Fsp3) is 0.357. The third-order valence-corrected chi connectivity index (χ3v) is 6.52. The molecule has 0 spiro atoms. The molecule has 0 radical (unpaired) electrons. The molecule has 0 saturated carbocycles. The minimum absolute atomic E-state index is 0.0307. The number of aryl methyl sites for hydroxylation is 2. The summed E-state index contributed by atoms with van der Waals surface area (Å²) in [5, 5.41) is 0.683. The van der Waals surface area contributed by atoms with Gasteiger partial charge in [0, 0.05) is 13.6 Å². The van der Waals surface area contributed by atoms with Gasteiger partial charge in [0.15, 0.2) is 4.21 Å². The van der Waals surface area contributed by atoms with Crippen molar-refractivity contribution >= 4 is 21.4 Å². The zero-order valence-corrected chi connectivity index (χ0v) is 14.4. The lowest BCUT2D eigenvalue weighted by Crippen LogP contribution is -2.26. The molecule has 23 heavy (non-hydrogen) atoms. The average molecular weight is 362 g/mol. The average Bonchev–Trinajstić information content (AvgIpc) is 2.80. The van der Waals surface area contributed by atoms with Crippen molar-refractivity contribution in [1.82, 2.24) is 9.29 Å². The van der Waals surface area contributed by atoms with Gasteiger partial charge in [0.05, 0.1) is 10.7 Å². The number of nitrogens with zero attached hydrogens (tertiary/aromatic N) is 2. The third-order valence-electron chi connectivity index (χ3n) is 3.06. The largest absolute Gasteiger partial charge is 0.435 e. The van der Waals surface area contributed by atoms with Crippen LogP contribution in [0.4, 0.5) is 8.78 Å². The lowest BCUT2D eigenvalue weighted by molar-refractivity contribution is -0.0498. The zero-order valence-electron chi connectivity index (χ0n) is 12.8. The fourth-order valence-electron chi connectivity index (χ4n) is 2.01. The van der Waals surface area contributed by atoms with Crippen LogP contribution in [-0.2, 0) is 16.6 Å². The van der Waals surface area contributed by atoms with Crippen molar-refractivity contribution in [1.29, 1.82) is 0 Å². The molecule has 0 unspecified atom stereocenters. The molecule has 5 nitrogen and oxygen atoms in total. The molecular weight excluding hydrogens is 346 g/mol. The smallest absolute Gasteiger partial charge is 0.387 e. The molecule has 2 rings (SSSR count). The van der Waals surface area contributed by atoms with Gasteiger partial charge in [-0.15, -0.1) is 11.3 Å². The van der Waals surface area contributed by atoms with Crippen molar-refractivity contribution in [2.45, 2.75) is 31.2 Å². The lowest BCUT2D eigenvalue weighted by Gasteiger charge is -2.16. The van der Waals surface area contributed by atoms with E-state index in [1.165, 1.54) is 23.5 Å². The second-order valence-corrected chi connectivity index (χ2v) is 8.33. The molecule has 126 valence electrons. The molecule has 0 atom stereocenters. The maximum Gasteiger partial charge on any atom is 0.387 e. The summed E-state index contributed by atoms with van der Waals surface area (Å²) < 4.78 is 55.0. The highest BCUT2D eigenvalue weighted by molar-refractivity contribution is 7.91. The van der Waals surface area contributed by atoms with Crippen molar-refractivity contribution in [3.8, 4) is 5.75 Å². The predicted octanol–water partition coefficient (Wildman–Crippen LogP) is 3.18. The maximum absolute atomic E-state index is 12.6. The topological polar surface area (TPSA) is 59.5 Å². The molecule has 2 aromatic rings. The van der Waals surface area contributed by atoms with Gasteiger partial charge in [0.1, 0.15) is 5.75 Å². The highest BCUT2D eigenvalue weighted by Crippen LogP contribution is 2.26. The number of ether oxygens (including phenoxy) is 1. The van der Waals surface area contributed by atoms with E-state index in [0.29, 0.717) is 16.3 Å². The second-order valence-electron chi connectivity index (χ2n) is 4.89. The first-order chi connectivity index (χ1) is 10.7. The van der Waals surface area contributed by atoms with E-state index in [-0.39, 0.29) is 16.5 Å². The van der Waals surface area contributed by atoms with E-state index in [0.717, 1.165) is 11.3 Å². The summed E-state index contributed by atoms with van der Waals surface area (Å²) in [7, 11) is -2.17. The summed E-state index contributed by atoms with van der Waals surface area (Å²) in [4.78, 5) is 4.13. The Morgan fingerprint density at radius 1 is 1.26 bits per heavy atom. The minimum atomic E-state index is -3.64. The summed E-state index contributed by atoms with van der Waals surface area (Å²) in [6.07, 6.45) is 0. The number of halogens is 2. The Morgan fingerprint density at radius 2 is 1.87 bits per heavy atom. The molecule has 0 aliphatic rings. The van der Waals surface area contributed by atoms with Crippen LogP contribution in [0.5, 0.6) is 5.75 Å². The van der Waals surface area contributed by atoms with Gasteiger partial charge in [0.2, 0.25) is 0 Å². The number of aromatic nitrogens is 1. The summed E-state index contributed by atoms with van der Waals surface area (Å²) in [5.41, 5.74) is 1.14. The first kappa shape index (κ1) is 17.8. The Labute approximate surface area is 137 Å². The predicted molar refractivity (Wildman–Crippen MR) is 83.3 cm³/mol. The highest BCUT2D eigenvalue weighted by Gasteiger charge is 2.26. The first-order valence-corrected chi connectivity index (χ1v) is 8.90. The van der Waals surface area contributed by atoms with E-state index in [9.17, 15) is 17.2 Å². The minimum Gasteiger partial charge on any atom is -0.435 e. The molecular formula is C14H16F2N2O3S2. The van der Waals surface area contributed by atoms with Crippen molar-refractivity contribution in [2.75, 3.05) is 7.05 Å². The van der Waals surface area contributed by atoms with Gasteiger partial charge in [-0.1, -0.05) is 12.1 Å². The zero-order chi connectivity index (χ0) is 17.2. The Kier molecular flexibility index (Phi) is 5.33. The van der Waals surface area contributed by atoms with Crippen molar-refractivity contribution < 1.29 is 21.9 Å². The van der Waals surface area contributed by atoms with Gasteiger partial charge >= 0.3 is 6.61 Å². The number of hydrogen-bond donors (Lipinski definition) is 0. The Balaban J connectivity index is 2.15. The highest BCUT2D eigenvalue weighted by atomic mass is 32.2. The molecule has 0 aliphatic carbocycles. The van der Waals surface area contributed by atoms with Gasteiger partial charge in [-0.3, -0.25) is 0 Å². The summed E-state index contributed by atoms with van der Waals surface area (Å²) >= 11 is 1.13. The van der Waals surface area contributed by atoms with E-state index in [1.807, 2.05) is 0 Å². The number of rotatable bonds is 6. The Hall–Kier alpha value is -1.58. The van der Waals surface area contributed by atoms with Gasteiger partial charge in [-0.2, -0.15) is 13.1 Å². The quantitative estimate of drug-likeness (QED) is 0.792. The van der Waals surface area contributed by atoms with E-state index in [2.05, 4.69) is 9.72 Å². The van der Waals surface area contributed by atoms with Crippen LogP contribution in [-0.4, -0.2) is 31.4 Å². The summed E-state index contributed by atoms with van der Waals surface area (Å²) in [6, 6.07) is 5.86. The lowest BCUT2D eigenvalue weighted by atomic mass is 10.2.